The number of carbonyl (C=O) groups excluding carboxylic acids is 2. The summed E-state index contributed by atoms with van der Waals surface area (Å²) < 4.78 is 10.9. The van der Waals surface area contributed by atoms with Crippen molar-refractivity contribution in [3.05, 3.63) is 95.0 Å². The minimum Gasteiger partial charge on any atom is -0.507 e. The predicted molar refractivity (Wildman–Crippen MR) is 129 cm³/mol. The summed E-state index contributed by atoms with van der Waals surface area (Å²) in [6.45, 7) is 8.89. The van der Waals surface area contributed by atoms with Crippen molar-refractivity contribution < 1.29 is 23.8 Å². The minimum atomic E-state index is -0.745. The number of ether oxygens (including phenoxy) is 1. The van der Waals surface area contributed by atoms with Gasteiger partial charge in [0, 0.05) is 5.56 Å². The van der Waals surface area contributed by atoms with Gasteiger partial charge in [0.25, 0.3) is 11.7 Å². The van der Waals surface area contributed by atoms with E-state index >= 15 is 0 Å². The molecule has 2 heterocycles. The minimum absolute atomic E-state index is 0.0448. The highest BCUT2D eigenvalue weighted by Gasteiger charge is 2.46. The van der Waals surface area contributed by atoms with Crippen molar-refractivity contribution in [1.82, 2.24) is 4.90 Å². The van der Waals surface area contributed by atoms with Crippen molar-refractivity contribution in [3.8, 4) is 5.75 Å². The second kappa shape index (κ2) is 9.21. The van der Waals surface area contributed by atoms with Crippen LogP contribution in [0.15, 0.2) is 76.9 Å². The molecule has 1 aliphatic rings. The Morgan fingerprint density at radius 3 is 2.26 bits per heavy atom. The van der Waals surface area contributed by atoms with E-state index in [0.717, 1.165) is 11.1 Å². The Morgan fingerprint density at radius 1 is 1.03 bits per heavy atom. The highest BCUT2D eigenvalue weighted by molar-refractivity contribution is 6.46. The zero-order valence-corrected chi connectivity index (χ0v) is 19.9. The van der Waals surface area contributed by atoms with Crippen LogP contribution in [0, 0.1) is 0 Å². The highest BCUT2D eigenvalue weighted by Crippen LogP contribution is 2.41. The third-order valence-corrected chi connectivity index (χ3v) is 5.98. The van der Waals surface area contributed by atoms with Gasteiger partial charge in [0.2, 0.25) is 0 Å². The predicted octanol–water partition coefficient (Wildman–Crippen LogP) is 5.60. The van der Waals surface area contributed by atoms with Crippen LogP contribution in [0.1, 0.15) is 56.2 Å². The summed E-state index contributed by atoms with van der Waals surface area (Å²) in [5, 5.41) is 11.2. The van der Waals surface area contributed by atoms with Crippen molar-refractivity contribution in [2.75, 3.05) is 6.61 Å². The van der Waals surface area contributed by atoms with Gasteiger partial charge in [-0.1, -0.05) is 45.0 Å². The van der Waals surface area contributed by atoms with E-state index in [1.165, 1.54) is 11.2 Å². The molecule has 1 N–H and O–H groups in total. The normalized spacial score (nSPS) is 17.9. The van der Waals surface area contributed by atoms with Crippen molar-refractivity contribution in [2.24, 2.45) is 0 Å². The molecule has 34 heavy (non-hydrogen) atoms. The Kier molecular flexibility index (Phi) is 6.33. The van der Waals surface area contributed by atoms with Crippen molar-refractivity contribution in [3.63, 3.8) is 0 Å². The molecule has 6 heteroatoms. The van der Waals surface area contributed by atoms with Crippen LogP contribution in [-0.4, -0.2) is 28.3 Å². The molecular formula is C28H29NO5. The first-order valence-electron chi connectivity index (χ1n) is 11.3. The van der Waals surface area contributed by atoms with E-state index in [4.69, 9.17) is 9.15 Å². The van der Waals surface area contributed by atoms with Gasteiger partial charge in [-0.2, -0.15) is 0 Å². The molecule has 1 saturated heterocycles. The number of amides is 1. The number of nitrogens with zero attached hydrogens (tertiary/aromatic N) is 1. The summed E-state index contributed by atoms with van der Waals surface area (Å²) in [5.74, 6) is -0.393. The Morgan fingerprint density at radius 2 is 1.71 bits per heavy atom. The number of rotatable bonds is 6. The van der Waals surface area contributed by atoms with Gasteiger partial charge in [0.15, 0.2) is 0 Å². The fraction of sp³-hybridized carbons (Fsp3) is 0.286. The topological polar surface area (TPSA) is 80.0 Å². The molecule has 1 fully saturated rings. The molecule has 4 rings (SSSR count). The smallest absolute Gasteiger partial charge is 0.296 e. The fourth-order valence-corrected chi connectivity index (χ4v) is 4.16. The maximum Gasteiger partial charge on any atom is 0.296 e. The molecule has 2 aromatic carbocycles. The largest absolute Gasteiger partial charge is 0.507 e. The van der Waals surface area contributed by atoms with Gasteiger partial charge in [-0.05, 0) is 59.9 Å². The summed E-state index contributed by atoms with van der Waals surface area (Å²) in [5.41, 5.74) is 2.33. The molecular weight excluding hydrogens is 430 g/mol. The first-order chi connectivity index (χ1) is 16.2. The maximum absolute atomic E-state index is 13.2. The second-order valence-electron chi connectivity index (χ2n) is 9.34. The quantitative estimate of drug-likeness (QED) is 0.295. The average Bonchev–Trinajstić information content (AvgIpc) is 3.41. The van der Waals surface area contributed by atoms with Crippen LogP contribution in [0.3, 0.4) is 0 Å². The van der Waals surface area contributed by atoms with Gasteiger partial charge in [-0.15, -0.1) is 0 Å². The van der Waals surface area contributed by atoms with E-state index < -0.39 is 17.7 Å². The van der Waals surface area contributed by atoms with E-state index in [9.17, 15) is 14.7 Å². The lowest BCUT2D eigenvalue weighted by Crippen LogP contribution is -2.29. The number of ketones is 1. The number of aliphatic hydroxyl groups is 1. The number of Topliss-reactive ketones (excluding diaryl/α,β-unsaturated/α-hetero) is 1. The maximum atomic E-state index is 13.2. The fourth-order valence-electron chi connectivity index (χ4n) is 4.16. The average molecular weight is 460 g/mol. The Balaban J connectivity index is 1.81. The van der Waals surface area contributed by atoms with Crippen LogP contribution in [0.25, 0.3) is 5.76 Å². The first kappa shape index (κ1) is 23.4. The third kappa shape index (κ3) is 4.49. The molecule has 0 aliphatic carbocycles. The summed E-state index contributed by atoms with van der Waals surface area (Å²) in [7, 11) is 0. The lowest BCUT2D eigenvalue weighted by molar-refractivity contribution is -0.140. The number of furan rings is 1. The highest BCUT2D eigenvalue weighted by atomic mass is 16.5. The van der Waals surface area contributed by atoms with Crippen LogP contribution in [-0.2, 0) is 21.5 Å². The van der Waals surface area contributed by atoms with Gasteiger partial charge in [0.1, 0.15) is 17.3 Å². The molecule has 1 aromatic heterocycles. The number of benzene rings is 2. The molecule has 3 aromatic rings. The van der Waals surface area contributed by atoms with E-state index in [1.54, 1.807) is 36.4 Å². The number of aliphatic hydroxyl groups excluding tert-OH is 1. The second-order valence-corrected chi connectivity index (χ2v) is 9.34. The van der Waals surface area contributed by atoms with Gasteiger partial charge < -0.3 is 19.2 Å². The third-order valence-electron chi connectivity index (χ3n) is 5.98. The van der Waals surface area contributed by atoms with Gasteiger partial charge in [-0.3, -0.25) is 9.59 Å². The Labute approximate surface area is 199 Å². The van der Waals surface area contributed by atoms with E-state index in [0.29, 0.717) is 23.7 Å². The molecule has 6 nitrogen and oxygen atoms in total. The molecule has 1 amide bonds. The molecule has 176 valence electrons. The van der Waals surface area contributed by atoms with Gasteiger partial charge in [-0.25, -0.2) is 0 Å². The van der Waals surface area contributed by atoms with E-state index in [1.807, 2.05) is 31.2 Å². The molecule has 0 spiro atoms. The Hall–Kier alpha value is -3.80. The van der Waals surface area contributed by atoms with Crippen molar-refractivity contribution in [2.45, 2.75) is 45.7 Å². The lowest BCUT2D eigenvalue weighted by atomic mass is 9.85. The van der Waals surface area contributed by atoms with Gasteiger partial charge in [0.05, 0.1) is 31.0 Å². The van der Waals surface area contributed by atoms with E-state index in [-0.39, 0.29) is 23.3 Å². The SMILES string of the molecule is CCOc1ccc(C(O)=C2C(=O)C(=O)N(Cc3ccco3)[C@H]2c2ccc(C(C)(C)C)cc2)cc1. The molecule has 0 saturated carbocycles. The van der Waals surface area contributed by atoms with Crippen LogP contribution in [0.2, 0.25) is 0 Å². The standard InChI is InChI=1S/C28H29NO5/c1-5-33-21-14-10-19(11-15-21)25(30)23-24(18-8-12-20(13-9-18)28(2,3)4)29(27(32)26(23)31)17-22-7-6-16-34-22/h6-16,24,30H,5,17H2,1-4H3/t24-/m0/s1. The number of likely N-dealkylation sites (tertiary alicyclic amines) is 1. The monoisotopic (exact) mass is 459 g/mol. The summed E-state index contributed by atoms with van der Waals surface area (Å²) in [6.07, 6.45) is 1.53. The van der Waals surface area contributed by atoms with Crippen LogP contribution >= 0.6 is 0 Å². The summed E-state index contributed by atoms with van der Waals surface area (Å²) in [6, 6.07) is 17.4. The molecule has 1 aliphatic heterocycles. The van der Waals surface area contributed by atoms with Crippen LogP contribution in [0.5, 0.6) is 5.75 Å². The molecule has 1 atom stereocenters. The molecule has 0 bridgehead atoms. The van der Waals surface area contributed by atoms with E-state index in [2.05, 4.69) is 20.8 Å². The zero-order chi connectivity index (χ0) is 24.5. The zero-order valence-electron chi connectivity index (χ0n) is 19.9. The number of hydrogen-bond donors (Lipinski definition) is 1. The molecule has 0 unspecified atom stereocenters. The van der Waals surface area contributed by atoms with Crippen molar-refractivity contribution >= 4 is 17.4 Å². The Bertz CT molecular complexity index is 1200. The number of hydrogen-bond acceptors (Lipinski definition) is 5. The summed E-state index contributed by atoms with van der Waals surface area (Å²) >= 11 is 0. The van der Waals surface area contributed by atoms with Gasteiger partial charge >= 0.3 is 0 Å². The molecule has 0 radical (unpaired) electrons. The number of carbonyl (C=O) groups is 2. The van der Waals surface area contributed by atoms with Crippen LogP contribution < -0.4 is 4.74 Å². The lowest BCUT2D eigenvalue weighted by Gasteiger charge is -2.26. The summed E-state index contributed by atoms with van der Waals surface area (Å²) in [4.78, 5) is 27.7. The first-order valence-corrected chi connectivity index (χ1v) is 11.3. The van der Waals surface area contributed by atoms with Crippen molar-refractivity contribution in [1.29, 1.82) is 0 Å². The van der Waals surface area contributed by atoms with Crippen LogP contribution in [0.4, 0.5) is 0 Å².